The average molecular weight is 376 g/mol. The summed E-state index contributed by atoms with van der Waals surface area (Å²) in [7, 11) is -3.55. The standard InChI is InChI=1S/C14H15Cl2N3O3S/c1-3-18(4-2)23(21,22)11-7-5-10(6-8-11)19-14(20)13(16)12(15)9-17-19/h5-9H,3-4H2,1-2H3. The SMILES string of the molecule is CCN(CC)S(=O)(=O)c1ccc(-n2ncc(Cl)c(Cl)c2=O)cc1. The second kappa shape index (κ2) is 7.00. The zero-order chi connectivity index (χ0) is 17.2. The minimum Gasteiger partial charge on any atom is -0.266 e. The first kappa shape index (κ1) is 17.9. The van der Waals surface area contributed by atoms with Crippen LogP contribution in [0.1, 0.15) is 13.8 Å². The molecule has 9 heteroatoms. The number of hydrogen-bond donors (Lipinski definition) is 0. The third-order valence-corrected chi connectivity index (χ3v) is 6.11. The Labute approximate surface area is 144 Å². The molecule has 2 aromatic rings. The maximum Gasteiger partial charge on any atom is 0.291 e. The van der Waals surface area contributed by atoms with Gasteiger partial charge in [-0.15, -0.1) is 0 Å². The van der Waals surface area contributed by atoms with Gasteiger partial charge in [0.2, 0.25) is 10.0 Å². The van der Waals surface area contributed by atoms with Crippen LogP contribution in [-0.4, -0.2) is 35.6 Å². The van der Waals surface area contributed by atoms with Gasteiger partial charge in [-0.3, -0.25) is 4.79 Å². The molecule has 0 amide bonds. The first-order chi connectivity index (χ1) is 10.8. The summed E-state index contributed by atoms with van der Waals surface area (Å²) in [4.78, 5) is 12.2. The Morgan fingerprint density at radius 1 is 1.13 bits per heavy atom. The molecule has 0 saturated carbocycles. The average Bonchev–Trinajstić information content (AvgIpc) is 2.54. The highest BCUT2D eigenvalue weighted by Crippen LogP contribution is 2.19. The van der Waals surface area contributed by atoms with Gasteiger partial charge in [0.25, 0.3) is 5.56 Å². The van der Waals surface area contributed by atoms with Crippen LogP contribution < -0.4 is 5.56 Å². The quantitative estimate of drug-likeness (QED) is 0.804. The highest BCUT2D eigenvalue weighted by atomic mass is 35.5. The van der Waals surface area contributed by atoms with Crippen LogP contribution in [0.5, 0.6) is 0 Å². The number of aromatic nitrogens is 2. The molecule has 0 aliphatic rings. The smallest absolute Gasteiger partial charge is 0.266 e. The van der Waals surface area contributed by atoms with Crippen molar-refractivity contribution in [2.75, 3.05) is 13.1 Å². The first-order valence-corrected chi connectivity index (χ1v) is 9.06. The Morgan fingerprint density at radius 2 is 1.70 bits per heavy atom. The molecule has 23 heavy (non-hydrogen) atoms. The number of halogens is 2. The molecular weight excluding hydrogens is 361 g/mol. The first-order valence-electron chi connectivity index (χ1n) is 6.86. The summed E-state index contributed by atoms with van der Waals surface area (Å²) < 4.78 is 27.2. The van der Waals surface area contributed by atoms with E-state index in [1.807, 2.05) is 0 Å². The van der Waals surface area contributed by atoms with Crippen LogP contribution in [0, 0.1) is 0 Å². The zero-order valence-corrected chi connectivity index (χ0v) is 14.9. The number of sulfonamides is 1. The summed E-state index contributed by atoms with van der Waals surface area (Å²) >= 11 is 11.5. The topological polar surface area (TPSA) is 72.3 Å². The van der Waals surface area contributed by atoms with Gasteiger partial charge in [-0.25, -0.2) is 8.42 Å². The molecule has 0 bridgehead atoms. The largest absolute Gasteiger partial charge is 0.291 e. The molecule has 1 aromatic carbocycles. The molecule has 124 valence electrons. The van der Waals surface area contributed by atoms with Crippen LogP contribution in [0.3, 0.4) is 0 Å². The van der Waals surface area contributed by atoms with Gasteiger partial charge in [0.05, 0.1) is 21.8 Å². The van der Waals surface area contributed by atoms with Crippen molar-refractivity contribution >= 4 is 33.2 Å². The molecule has 6 nitrogen and oxygen atoms in total. The lowest BCUT2D eigenvalue weighted by Gasteiger charge is -2.18. The van der Waals surface area contributed by atoms with Crippen LogP contribution in [0.4, 0.5) is 0 Å². The highest BCUT2D eigenvalue weighted by Gasteiger charge is 2.21. The van der Waals surface area contributed by atoms with Gasteiger partial charge in [0.1, 0.15) is 5.02 Å². The number of nitrogens with zero attached hydrogens (tertiary/aromatic N) is 3. The van der Waals surface area contributed by atoms with Crippen molar-refractivity contribution in [3.8, 4) is 5.69 Å². The summed E-state index contributed by atoms with van der Waals surface area (Å²) in [6.07, 6.45) is 1.26. The molecular formula is C14H15Cl2N3O3S. The monoisotopic (exact) mass is 375 g/mol. The molecule has 0 aliphatic carbocycles. The van der Waals surface area contributed by atoms with Crippen LogP contribution in [0.15, 0.2) is 40.2 Å². The summed E-state index contributed by atoms with van der Waals surface area (Å²) in [5, 5.41) is 3.82. The van der Waals surface area contributed by atoms with E-state index in [0.29, 0.717) is 18.8 Å². The maximum absolute atomic E-state index is 12.4. The minimum atomic E-state index is -3.55. The van der Waals surface area contributed by atoms with Gasteiger partial charge in [-0.2, -0.15) is 14.1 Å². The number of rotatable bonds is 5. The van der Waals surface area contributed by atoms with E-state index in [1.54, 1.807) is 13.8 Å². The molecule has 0 aliphatic heterocycles. The van der Waals surface area contributed by atoms with Gasteiger partial charge in [-0.05, 0) is 24.3 Å². The van der Waals surface area contributed by atoms with Crippen LogP contribution >= 0.6 is 23.2 Å². The van der Waals surface area contributed by atoms with Crippen LogP contribution in [0.2, 0.25) is 10.0 Å². The predicted molar refractivity (Wildman–Crippen MR) is 90.0 cm³/mol. The van der Waals surface area contributed by atoms with Crippen molar-refractivity contribution in [2.45, 2.75) is 18.7 Å². The molecule has 0 radical (unpaired) electrons. The van der Waals surface area contributed by atoms with Gasteiger partial charge in [0.15, 0.2) is 0 Å². The van der Waals surface area contributed by atoms with Crippen molar-refractivity contribution in [1.82, 2.24) is 14.1 Å². The van der Waals surface area contributed by atoms with Crippen molar-refractivity contribution in [2.24, 2.45) is 0 Å². The van der Waals surface area contributed by atoms with E-state index in [4.69, 9.17) is 23.2 Å². The molecule has 0 atom stereocenters. The van der Waals surface area contributed by atoms with Crippen molar-refractivity contribution in [3.63, 3.8) is 0 Å². The van der Waals surface area contributed by atoms with Gasteiger partial charge >= 0.3 is 0 Å². The Bertz CT molecular complexity index is 860. The lowest BCUT2D eigenvalue weighted by molar-refractivity contribution is 0.445. The van der Waals surface area contributed by atoms with Crippen molar-refractivity contribution in [1.29, 1.82) is 0 Å². The second-order valence-electron chi connectivity index (χ2n) is 4.61. The molecule has 1 aromatic heterocycles. The minimum absolute atomic E-state index is 0.0636. The molecule has 0 saturated heterocycles. The van der Waals surface area contributed by atoms with E-state index in [-0.39, 0.29) is 14.9 Å². The molecule has 0 N–H and O–H groups in total. The lowest BCUT2D eigenvalue weighted by Crippen LogP contribution is -2.30. The van der Waals surface area contributed by atoms with E-state index >= 15 is 0 Å². The fraction of sp³-hybridized carbons (Fsp3) is 0.286. The third-order valence-electron chi connectivity index (χ3n) is 3.30. The number of hydrogen-bond acceptors (Lipinski definition) is 4. The van der Waals surface area contributed by atoms with Crippen molar-refractivity contribution < 1.29 is 8.42 Å². The summed E-state index contributed by atoms with van der Waals surface area (Å²) in [6, 6.07) is 5.85. The molecule has 1 heterocycles. The Morgan fingerprint density at radius 3 is 2.22 bits per heavy atom. The van der Waals surface area contributed by atoms with Crippen molar-refractivity contribution in [3.05, 3.63) is 50.9 Å². The van der Waals surface area contributed by atoms with Gasteiger partial charge < -0.3 is 0 Å². The molecule has 0 spiro atoms. The van der Waals surface area contributed by atoms with E-state index in [0.717, 1.165) is 4.68 Å². The maximum atomic E-state index is 12.4. The van der Waals surface area contributed by atoms with Crippen LogP contribution in [-0.2, 0) is 10.0 Å². The predicted octanol–water partition coefficient (Wildman–Crippen LogP) is 2.57. The normalized spacial score (nSPS) is 11.9. The van der Waals surface area contributed by atoms with E-state index in [2.05, 4.69) is 5.10 Å². The van der Waals surface area contributed by atoms with Crippen LogP contribution in [0.25, 0.3) is 5.69 Å². The Balaban J connectivity index is 2.45. The van der Waals surface area contributed by atoms with E-state index in [9.17, 15) is 13.2 Å². The lowest BCUT2D eigenvalue weighted by atomic mass is 10.3. The molecule has 2 rings (SSSR count). The van der Waals surface area contributed by atoms with E-state index < -0.39 is 15.6 Å². The van der Waals surface area contributed by atoms with Gasteiger partial charge in [0, 0.05) is 13.1 Å². The third kappa shape index (κ3) is 3.42. The highest BCUT2D eigenvalue weighted by molar-refractivity contribution is 7.89. The summed E-state index contributed by atoms with van der Waals surface area (Å²) in [6.45, 7) is 4.31. The summed E-state index contributed by atoms with van der Waals surface area (Å²) in [5.74, 6) is 0. The molecule has 0 unspecified atom stereocenters. The Kier molecular flexibility index (Phi) is 5.46. The summed E-state index contributed by atoms with van der Waals surface area (Å²) in [5.41, 5.74) is -0.175. The van der Waals surface area contributed by atoms with Gasteiger partial charge in [-0.1, -0.05) is 37.0 Å². The fourth-order valence-electron chi connectivity index (χ4n) is 2.07. The number of benzene rings is 1. The molecule has 0 fully saturated rings. The zero-order valence-electron chi connectivity index (χ0n) is 12.5. The fourth-order valence-corrected chi connectivity index (χ4v) is 3.78. The second-order valence-corrected chi connectivity index (χ2v) is 7.33. The Hall–Kier alpha value is -1.41. The van der Waals surface area contributed by atoms with E-state index in [1.165, 1.54) is 34.8 Å².